The molecule has 172 valence electrons. The predicted molar refractivity (Wildman–Crippen MR) is 116 cm³/mol. The number of hydrogen-bond acceptors (Lipinski definition) is 6. The molecule has 2 aromatic carbocycles. The van der Waals surface area contributed by atoms with Crippen LogP contribution in [0.1, 0.15) is 22.8 Å². The average Bonchev–Trinajstić information content (AvgIpc) is 2.76. The molecule has 3 rings (SSSR count). The Labute approximate surface area is 190 Å². The fraction of sp³-hybridized carbons (Fsp3) is 0.333. The Hall–Kier alpha value is -2.53. The van der Waals surface area contributed by atoms with Crippen LogP contribution in [-0.4, -0.2) is 57.0 Å². The molecule has 1 heterocycles. The molecule has 0 aliphatic carbocycles. The Bertz CT molecular complexity index is 1140. The van der Waals surface area contributed by atoms with Crippen LogP contribution in [0.3, 0.4) is 0 Å². The van der Waals surface area contributed by atoms with Crippen molar-refractivity contribution >= 4 is 39.2 Å². The van der Waals surface area contributed by atoms with E-state index in [9.17, 15) is 22.4 Å². The number of ether oxygens (including phenoxy) is 2. The molecule has 0 bridgehead atoms. The van der Waals surface area contributed by atoms with Gasteiger partial charge in [-0.3, -0.25) is 4.79 Å². The monoisotopic (exact) mass is 484 g/mol. The van der Waals surface area contributed by atoms with E-state index in [-0.39, 0.29) is 34.3 Å². The van der Waals surface area contributed by atoms with E-state index >= 15 is 0 Å². The molecule has 11 heteroatoms. The first kappa shape index (κ1) is 24.1. The number of carbonyl (C=O) groups excluding carboxylic acids is 2. The minimum absolute atomic E-state index is 0.00579. The first-order chi connectivity index (χ1) is 15.1. The molecule has 0 spiro atoms. The summed E-state index contributed by atoms with van der Waals surface area (Å²) in [4.78, 5) is 25.0. The van der Waals surface area contributed by atoms with E-state index in [0.29, 0.717) is 18.8 Å². The van der Waals surface area contributed by atoms with E-state index in [1.165, 1.54) is 35.5 Å². The summed E-state index contributed by atoms with van der Waals surface area (Å²) in [6, 6.07) is 7.62. The van der Waals surface area contributed by atoms with Crippen LogP contribution in [0.2, 0.25) is 5.02 Å². The van der Waals surface area contributed by atoms with Crippen LogP contribution >= 0.6 is 11.6 Å². The summed E-state index contributed by atoms with van der Waals surface area (Å²) in [5.74, 6) is -2.09. The van der Waals surface area contributed by atoms with Gasteiger partial charge in [0.1, 0.15) is 5.82 Å². The van der Waals surface area contributed by atoms with Gasteiger partial charge >= 0.3 is 5.97 Å². The zero-order chi connectivity index (χ0) is 23.5. The molecule has 1 N–H and O–H groups in total. The van der Waals surface area contributed by atoms with Crippen molar-refractivity contribution in [3.05, 3.63) is 58.4 Å². The molecule has 0 radical (unpaired) electrons. The van der Waals surface area contributed by atoms with Gasteiger partial charge in [0.15, 0.2) is 6.10 Å². The normalized spacial score (nSPS) is 15.8. The number of amides is 1. The van der Waals surface area contributed by atoms with E-state index in [0.717, 1.165) is 12.1 Å². The largest absolute Gasteiger partial charge is 0.449 e. The van der Waals surface area contributed by atoms with Crippen molar-refractivity contribution in [3.8, 4) is 0 Å². The Morgan fingerprint density at radius 1 is 1.19 bits per heavy atom. The summed E-state index contributed by atoms with van der Waals surface area (Å²) < 4.78 is 50.6. The fourth-order valence-electron chi connectivity index (χ4n) is 3.02. The van der Waals surface area contributed by atoms with E-state index < -0.39 is 33.8 Å². The molecule has 1 aliphatic heterocycles. The molecular weight excluding hydrogens is 463 g/mol. The second kappa shape index (κ2) is 9.95. The number of halogens is 2. The minimum Gasteiger partial charge on any atom is -0.449 e. The smallest absolute Gasteiger partial charge is 0.339 e. The van der Waals surface area contributed by atoms with Crippen LogP contribution in [0.5, 0.6) is 0 Å². The van der Waals surface area contributed by atoms with Gasteiger partial charge in [0.25, 0.3) is 5.91 Å². The average molecular weight is 485 g/mol. The van der Waals surface area contributed by atoms with Gasteiger partial charge in [0, 0.05) is 13.1 Å². The summed E-state index contributed by atoms with van der Waals surface area (Å²) in [5, 5.41) is 2.45. The van der Waals surface area contributed by atoms with Gasteiger partial charge in [0.05, 0.1) is 34.4 Å². The molecule has 1 saturated heterocycles. The second-order valence-electron chi connectivity index (χ2n) is 7.15. The fourth-order valence-corrected chi connectivity index (χ4v) is 4.67. The molecule has 1 amide bonds. The van der Waals surface area contributed by atoms with Crippen molar-refractivity contribution in [2.45, 2.75) is 24.8 Å². The topological polar surface area (TPSA) is 102 Å². The van der Waals surface area contributed by atoms with Crippen molar-refractivity contribution < 1.29 is 31.9 Å². The van der Waals surface area contributed by atoms with Crippen LogP contribution in [0.4, 0.5) is 10.1 Å². The number of morpholine rings is 1. The lowest BCUT2D eigenvalue weighted by Gasteiger charge is -2.26. The number of sulfonamides is 1. The first-order valence-electron chi connectivity index (χ1n) is 9.75. The second-order valence-corrected chi connectivity index (χ2v) is 9.50. The van der Waals surface area contributed by atoms with E-state index in [2.05, 4.69) is 5.32 Å². The summed E-state index contributed by atoms with van der Waals surface area (Å²) in [5.41, 5.74) is 0.680. The SMILES string of the molecule is Cc1ccc(S(=O)(=O)N2CCOCC2)cc1C(=O)OC(C)C(=O)Nc1ccc(F)cc1Cl. The van der Waals surface area contributed by atoms with Crippen molar-refractivity contribution in [2.24, 2.45) is 0 Å². The molecular formula is C21H22ClFN2O6S. The molecule has 0 aromatic heterocycles. The van der Waals surface area contributed by atoms with Crippen LogP contribution < -0.4 is 5.32 Å². The van der Waals surface area contributed by atoms with Crippen molar-refractivity contribution in [3.63, 3.8) is 0 Å². The van der Waals surface area contributed by atoms with E-state index in [1.54, 1.807) is 6.92 Å². The van der Waals surface area contributed by atoms with Gasteiger partial charge < -0.3 is 14.8 Å². The Morgan fingerprint density at radius 2 is 1.88 bits per heavy atom. The maximum atomic E-state index is 13.2. The highest BCUT2D eigenvalue weighted by atomic mass is 35.5. The first-order valence-corrected chi connectivity index (χ1v) is 11.6. The van der Waals surface area contributed by atoms with Crippen molar-refractivity contribution in [1.29, 1.82) is 0 Å². The molecule has 1 fully saturated rings. The van der Waals surface area contributed by atoms with Gasteiger partial charge in [-0.05, 0) is 49.7 Å². The quantitative estimate of drug-likeness (QED) is 0.632. The van der Waals surface area contributed by atoms with Crippen LogP contribution in [0.25, 0.3) is 0 Å². The lowest BCUT2D eigenvalue weighted by atomic mass is 10.1. The lowest BCUT2D eigenvalue weighted by Crippen LogP contribution is -2.40. The highest BCUT2D eigenvalue weighted by Gasteiger charge is 2.28. The number of hydrogen-bond donors (Lipinski definition) is 1. The number of aryl methyl sites for hydroxylation is 1. The van der Waals surface area contributed by atoms with Crippen LogP contribution in [0.15, 0.2) is 41.3 Å². The van der Waals surface area contributed by atoms with E-state index in [4.69, 9.17) is 21.1 Å². The summed E-state index contributed by atoms with van der Waals surface area (Å²) in [7, 11) is -3.81. The lowest BCUT2D eigenvalue weighted by molar-refractivity contribution is -0.123. The molecule has 8 nitrogen and oxygen atoms in total. The standard InChI is InChI=1S/C21H22ClFN2O6S/c1-13-3-5-16(32(28,29)25-7-9-30-10-8-25)12-17(13)21(27)31-14(2)20(26)24-19-6-4-15(23)11-18(19)22/h3-6,11-12,14H,7-10H2,1-2H3,(H,24,26). The Kier molecular flexibility index (Phi) is 7.50. The predicted octanol–water partition coefficient (Wildman–Crippen LogP) is 2.99. The summed E-state index contributed by atoms with van der Waals surface area (Å²) in [6.45, 7) is 4.02. The molecule has 1 aliphatic rings. The zero-order valence-corrected chi connectivity index (χ0v) is 19.0. The summed E-state index contributed by atoms with van der Waals surface area (Å²) >= 11 is 5.89. The van der Waals surface area contributed by atoms with Gasteiger partial charge in [-0.25, -0.2) is 17.6 Å². The third-order valence-electron chi connectivity index (χ3n) is 4.88. The molecule has 1 unspecified atom stereocenters. The van der Waals surface area contributed by atoms with Crippen LogP contribution in [-0.2, 0) is 24.3 Å². The van der Waals surface area contributed by atoms with Crippen LogP contribution in [0, 0.1) is 12.7 Å². The number of carbonyl (C=O) groups is 2. The molecule has 1 atom stereocenters. The Morgan fingerprint density at radius 3 is 2.53 bits per heavy atom. The summed E-state index contributed by atoms with van der Waals surface area (Å²) in [6.07, 6.45) is -1.22. The van der Waals surface area contributed by atoms with E-state index in [1.807, 2.05) is 0 Å². The number of esters is 1. The molecule has 32 heavy (non-hydrogen) atoms. The van der Waals surface area contributed by atoms with Gasteiger partial charge in [-0.15, -0.1) is 0 Å². The van der Waals surface area contributed by atoms with Gasteiger partial charge in [0.2, 0.25) is 10.0 Å². The zero-order valence-electron chi connectivity index (χ0n) is 17.4. The number of anilines is 1. The number of nitrogens with one attached hydrogen (secondary N) is 1. The number of rotatable bonds is 6. The van der Waals surface area contributed by atoms with Gasteiger partial charge in [-0.2, -0.15) is 4.31 Å². The van der Waals surface area contributed by atoms with Crippen molar-refractivity contribution in [2.75, 3.05) is 31.6 Å². The third kappa shape index (κ3) is 5.44. The minimum atomic E-state index is -3.81. The Balaban J connectivity index is 1.74. The maximum Gasteiger partial charge on any atom is 0.339 e. The number of nitrogens with zero attached hydrogens (tertiary/aromatic N) is 1. The van der Waals surface area contributed by atoms with Crippen molar-refractivity contribution in [1.82, 2.24) is 4.31 Å². The highest BCUT2D eigenvalue weighted by Crippen LogP contribution is 2.24. The molecule has 2 aromatic rings. The molecule has 0 saturated carbocycles. The maximum absolute atomic E-state index is 13.2. The third-order valence-corrected chi connectivity index (χ3v) is 7.09. The number of benzene rings is 2. The highest BCUT2D eigenvalue weighted by molar-refractivity contribution is 7.89. The van der Waals surface area contributed by atoms with Gasteiger partial charge in [-0.1, -0.05) is 17.7 Å².